The summed E-state index contributed by atoms with van der Waals surface area (Å²) in [4.78, 5) is 26.1. The predicted molar refractivity (Wildman–Crippen MR) is 91.2 cm³/mol. The van der Waals surface area contributed by atoms with Crippen LogP contribution in [0.1, 0.15) is 49.3 Å². The number of fused-ring (bicyclic) bond motifs is 1. The van der Waals surface area contributed by atoms with Gasteiger partial charge in [0.25, 0.3) is 0 Å². The molecule has 0 bridgehead atoms. The van der Waals surface area contributed by atoms with Gasteiger partial charge < -0.3 is 15.0 Å². The standard InChI is InChI=1S/C18H20F4N2O3/c1-9(25)15-10(5-6-23-16(26)27-17(2,3)4)11-7-13(19)12(18(20,21)22)8-14(11)24-15/h7-8,24H,5-6H2,1-4H3,(H,23,26). The molecule has 0 aliphatic carbocycles. The number of benzene rings is 1. The molecule has 9 heteroatoms. The summed E-state index contributed by atoms with van der Waals surface area (Å²) < 4.78 is 57.7. The monoisotopic (exact) mass is 388 g/mol. The number of alkyl carbamates (subject to hydrolysis) is 1. The highest BCUT2D eigenvalue weighted by Crippen LogP contribution is 2.35. The molecular formula is C18H20F4N2O3. The molecule has 148 valence electrons. The lowest BCUT2D eigenvalue weighted by Gasteiger charge is -2.19. The van der Waals surface area contributed by atoms with E-state index in [9.17, 15) is 27.2 Å². The number of halogens is 4. The molecule has 0 saturated heterocycles. The first kappa shape index (κ1) is 20.7. The molecule has 0 radical (unpaired) electrons. The molecule has 0 aliphatic rings. The van der Waals surface area contributed by atoms with Gasteiger partial charge in [-0.2, -0.15) is 13.2 Å². The van der Waals surface area contributed by atoms with Crippen molar-refractivity contribution in [3.8, 4) is 0 Å². The maximum absolute atomic E-state index is 13.9. The van der Waals surface area contributed by atoms with E-state index in [0.717, 1.165) is 6.07 Å². The molecule has 27 heavy (non-hydrogen) atoms. The summed E-state index contributed by atoms with van der Waals surface area (Å²) in [7, 11) is 0. The van der Waals surface area contributed by atoms with E-state index >= 15 is 0 Å². The van der Waals surface area contributed by atoms with Gasteiger partial charge >= 0.3 is 12.3 Å². The number of carbonyl (C=O) groups excluding carboxylic acids is 2. The van der Waals surface area contributed by atoms with Crippen molar-refractivity contribution >= 4 is 22.8 Å². The number of aromatic amines is 1. The average molecular weight is 388 g/mol. The van der Waals surface area contributed by atoms with E-state index in [1.807, 2.05) is 0 Å². The second kappa shape index (κ2) is 7.21. The van der Waals surface area contributed by atoms with E-state index in [0.29, 0.717) is 11.6 Å². The third-order valence-electron chi connectivity index (χ3n) is 3.69. The molecule has 0 aliphatic heterocycles. The van der Waals surface area contributed by atoms with Gasteiger partial charge in [-0.3, -0.25) is 4.79 Å². The molecular weight excluding hydrogens is 368 g/mol. The largest absolute Gasteiger partial charge is 0.444 e. The SMILES string of the molecule is CC(=O)c1[nH]c2cc(C(F)(F)F)c(F)cc2c1CCNC(=O)OC(C)(C)C. The van der Waals surface area contributed by atoms with Crippen LogP contribution in [0, 0.1) is 5.82 Å². The summed E-state index contributed by atoms with van der Waals surface area (Å²) in [6.45, 7) is 6.39. The number of Topliss-reactive ketones (excluding diaryl/α,β-unsaturated/α-hetero) is 1. The fourth-order valence-electron chi connectivity index (χ4n) is 2.65. The van der Waals surface area contributed by atoms with Crippen LogP contribution in [-0.2, 0) is 17.3 Å². The van der Waals surface area contributed by atoms with Crippen molar-refractivity contribution in [1.82, 2.24) is 10.3 Å². The summed E-state index contributed by atoms with van der Waals surface area (Å²) in [5.74, 6) is -1.84. The van der Waals surface area contributed by atoms with Crippen LogP contribution in [0.25, 0.3) is 10.9 Å². The maximum Gasteiger partial charge on any atom is 0.419 e. The zero-order valence-corrected chi connectivity index (χ0v) is 15.3. The minimum Gasteiger partial charge on any atom is -0.444 e. The number of alkyl halides is 3. The molecule has 1 aromatic heterocycles. The Bertz CT molecular complexity index is 879. The van der Waals surface area contributed by atoms with Crippen molar-refractivity contribution in [2.45, 2.75) is 45.9 Å². The normalized spacial score (nSPS) is 12.3. The van der Waals surface area contributed by atoms with Gasteiger partial charge in [0, 0.05) is 24.4 Å². The van der Waals surface area contributed by atoms with Crippen LogP contribution in [-0.4, -0.2) is 29.0 Å². The predicted octanol–water partition coefficient (Wildman–Crippen LogP) is 4.60. The van der Waals surface area contributed by atoms with Gasteiger partial charge in [0.2, 0.25) is 0 Å². The number of hydrogen-bond donors (Lipinski definition) is 2. The Morgan fingerprint density at radius 2 is 1.81 bits per heavy atom. The number of aromatic nitrogens is 1. The molecule has 0 fully saturated rings. The number of H-pyrrole nitrogens is 1. The van der Waals surface area contributed by atoms with Gasteiger partial charge in [-0.15, -0.1) is 0 Å². The maximum atomic E-state index is 13.9. The van der Waals surface area contributed by atoms with E-state index in [1.165, 1.54) is 6.92 Å². The van der Waals surface area contributed by atoms with Crippen LogP contribution in [0.15, 0.2) is 12.1 Å². The summed E-state index contributed by atoms with van der Waals surface area (Å²) in [5.41, 5.74) is -1.69. The lowest BCUT2D eigenvalue weighted by molar-refractivity contribution is -0.139. The molecule has 0 saturated carbocycles. The molecule has 0 atom stereocenters. The van der Waals surface area contributed by atoms with Crippen molar-refractivity contribution in [3.63, 3.8) is 0 Å². The highest BCUT2D eigenvalue weighted by atomic mass is 19.4. The summed E-state index contributed by atoms with van der Waals surface area (Å²) in [5, 5.41) is 2.66. The molecule has 2 rings (SSSR count). The highest BCUT2D eigenvalue weighted by Gasteiger charge is 2.35. The first-order valence-corrected chi connectivity index (χ1v) is 8.18. The highest BCUT2D eigenvalue weighted by molar-refractivity contribution is 6.01. The minimum atomic E-state index is -4.85. The fourth-order valence-corrected chi connectivity index (χ4v) is 2.65. The number of ether oxygens (including phenoxy) is 1. The summed E-state index contributed by atoms with van der Waals surface area (Å²) in [6.07, 6.45) is -5.41. The number of nitrogens with one attached hydrogen (secondary N) is 2. The smallest absolute Gasteiger partial charge is 0.419 e. The number of ketones is 1. The molecule has 1 aromatic carbocycles. The van der Waals surface area contributed by atoms with Crippen LogP contribution in [0.5, 0.6) is 0 Å². The third kappa shape index (κ3) is 4.99. The number of hydrogen-bond acceptors (Lipinski definition) is 3. The Hall–Kier alpha value is -2.58. The van der Waals surface area contributed by atoms with Gasteiger partial charge in [0.05, 0.1) is 11.3 Å². The molecule has 5 nitrogen and oxygen atoms in total. The van der Waals surface area contributed by atoms with E-state index < -0.39 is 35.0 Å². The average Bonchev–Trinajstić information content (AvgIpc) is 2.82. The molecule has 2 N–H and O–H groups in total. The Kier molecular flexibility index (Phi) is 5.53. The van der Waals surface area contributed by atoms with Crippen LogP contribution in [0.2, 0.25) is 0 Å². The molecule has 0 unspecified atom stereocenters. The van der Waals surface area contributed by atoms with E-state index in [-0.39, 0.29) is 29.6 Å². The second-order valence-corrected chi connectivity index (χ2v) is 7.09. The Morgan fingerprint density at radius 1 is 1.19 bits per heavy atom. The van der Waals surface area contributed by atoms with Gasteiger partial charge in [0.1, 0.15) is 11.4 Å². The topological polar surface area (TPSA) is 71.2 Å². The Morgan fingerprint density at radius 3 is 2.33 bits per heavy atom. The first-order valence-electron chi connectivity index (χ1n) is 8.18. The van der Waals surface area contributed by atoms with Crippen LogP contribution in [0.3, 0.4) is 0 Å². The van der Waals surface area contributed by atoms with Crippen molar-refractivity contribution in [3.05, 3.63) is 34.8 Å². The van der Waals surface area contributed by atoms with Crippen LogP contribution >= 0.6 is 0 Å². The van der Waals surface area contributed by atoms with Gasteiger partial charge in [0.15, 0.2) is 5.78 Å². The fraction of sp³-hybridized carbons (Fsp3) is 0.444. The zero-order chi connectivity index (χ0) is 20.6. The lowest BCUT2D eigenvalue weighted by Crippen LogP contribution is -2.33. The van der Waals surface area contributed by atoms with Crippen molar-refractivity contribution in [2.75, 3.05) is 6.54 Å². The Labute approximate surface area is 153 Å². The number of amides is 1. The molecule has 2 aromatic rings. The van der Waals surface area contributed by atoms with Gasteiger partial charge in [-0.1, -0.05) is 0 Å². The van der Waals surface area contributed by atoms with Crippen LogP contribution < -0.4 is 5.32 Å². The zero-order valence-electron chi connectivity index (χ0n) is 15.3. The van der Waals surface area contributed by atoms with Gasteiger partial charge in [-0.25, -0.2) is 9.18 Å². The van der Waals surface area contributed by atoms with Crippen molar-refractivity contribution in [2.24, 2.45) is 0 Å². The lowest BCUT2D eigenvalue weighted by atomic mass is 10.0. The van der Waals surface area contributed by atoms with E-state index in [2.05, 4.69) is 10.3 Å². The second-order valence-electron chi connectivity index (χ2n) is 7.09. The van der Waals surface area contributed by atoms with Crippen molar-refractivity contribution in [1.29, 1.82) is 0 Å². The number of rotatable bonds is 4. The van der Waals surface area contributed by atoms with E-state index in [1.54, 1.807) is 20.8 Å². The molecule has 0 spiro atoms. The molecule has 1 amide bonds. The molecule has 1 heterocycles. The minimum absolute atomic E-state index is 0.00110. The quantitative estimate of drug-likeness (QED) is 0.594. The van der Waals surface area contributed by atoms with Crippen molar-refractivity contribution < 1.29 is 31.9 Å². The Balaban J connectivity index is 2.32. The summed E-state index contributed by atoms with van der Waals surface area (Å²) in [6, 6.07) is 1.39. The first-order chi connectivity index (χ1) is 12.3. The van der Waals surface area contributed by atoms with E-state index in [4.69, 9.17) is 4.74 Å². The van der Waals surface area contributed by atoms with Gasteiger partial charge in [-0.05, 0) is 44.9 Å². The summed E-state index contributed by atoms with van der Waals surface area (Å²) >= 11 is 0. The third-order valence-corrected chi connectivity index (χ3v) is 3.69. The number of carbonyl (C=O) groups is 2. The van der Waals surface area contributed by atoms with Crippen LogP contribution in [0.4, 0.5) is 22.4 Å².